The predicted molar refractivity (Wildman–Crippen MR) is 78.2 cm³/mol. The molecule has 110 valence electrons. The number of amides is 1. The number of benzene rings is 1. The first-order chi connectivity index (χ1) is 10.2. The Morgan fingerprint density at radius 3 is 2.81 bits per heavy atom. The highest BCUT2D eigenvalue weighted by atomic mass is 16.5. The maximum Gasteiger partial charge on any atom is 0.337 e. The van der Waals surface area contributed by atoms with Crippen molar-refractivity contribution in [2.45, 2.75) is 6.92 Å². The van der Waals surface area contributed by atoms with Crippen LogP contribution in [0.15, 0.2) is 30.3 Å². The number of ether oxygens (including phenoxy) is 2. The number of methoxy groups -OCH3 is 1. The minimum atomic E-state index is -0.315. The van der Waals surface area contributed by atoms with Crippen LogP contribution in [0.1, 0.15) is 12.5 Å². The number of hydrogen-bond acceptors (Lipinski definition) is 5. The zero-order chi connectivity index (χ0) is 15.1. The molecular formula is C14H16N4O3. The normalized spacial score (nSPS) is 10.6. The molecule has 2 N–H and O–H groups in total. The molecule has 21 heavy (non-hydrogen) atoms. The van der Waals surface area contributed by atoms with Crippen LogP contribution in [0.4, 0.5) is 5.95 Å². The molecule has 1 aromatic carbocycles. The second-order valence-corrected chi connectivity index (χ2v) is 4.00. The third kappa shape index (κ3) is 4.34. The Kier molecular flexibility index (Phi) is 4.92. The monoisotopic (exact) mass is 288 g/mol. The molecule has 0 saturated heterocycles. The zero-order valence-corrected chi connectivity index (χ0v) is 11.8. The van der Waals surface area contributed by atoms with Crippen molar-refractivity contribution in [2.24, 2.45) is 0 Å². The Hall–Kier alpha value is -2.83. The van der Waals surface area contributed by atoms with Crippen LogP contribution in [0, 0.1) is 0 Å². The van der Waals surface area contributed by atoms with Gasteiger partial charge in [-0.25, -0.2) is 5.10 Å². The van der Waals surface area contributed by atoms with Gasteiger partial charge in [-0.15, -0.1) is 5.10 Å². The van der Waals surface area contributed by atoms with E-state index in [4.69, 9.17) is 9.47 Å². The maximum atomic E-state index is 11.7. The predicted octanol–water partition coefficient (Wildman–Crippen LogP) is 1.86. The summed E-state index contributed by atoms with van der Waals surface area (Å²) in [4.78, 5) is 15.7. The third-order valence-corrected chi connectivity index (χ3v) is 2.52. The maximum absolute atomic E-state index is 11.7. The number of nitrogens with zero attached hydrogens (tertiary/aromatic N) is 2. The molecule has 0 spiro atoms. The standard InChI is InChI=1S/C14H16N4O3/c1-3-21-14-16-13(17-18-14)15-12(19)9-6-10-4-7-11(20-2)8-5-10/h4-9H,3H2,1-2H3,(H2,15,16,17,18,19)/b9-6+. The molecule has 2 aromatic rings. The van der Waals surface area contributed by atoms with Crippen LogP contribution in [-0.4, -0.2) is 34.8 Å². The van der Waals surface area contributed by atoms with Crippen molar-refractivity contribution in [1.29, 1.82) is 0 Å². The van der Waals surface area contributed by atoms with E-state index >= 15 is 0 Å². The molecule has 7 nitrogen and oxygen atoms in total. The van der Waals surface area contributed by atoms with Crippen molar-refractivity contribution in [3.8, 4) is 11.8 Å². The molecule has 0 unspecified atom stereocenters. The van der Waals surface area contributed by atoms with Gasteiger partial charge < -0.3 is 9.47 Å². The van der Waals surface area contributed by atoms with Gasteiger partial charge >= 0.3 is 6.01 Å². The van der Waals surface area contributed by atoms with Gasteiger partial charge in [0.1, 0.15) is 5.75 Å². The summed E-state index contributed by atoms with van der Waals surface area (Å²) < 4.78 is 10.1. The van der Waals surface area contributed by atoms with Gasteiger partial charge in [-0.3, -0.25) is 10.1 Å². The molecule has 1 aromatic heterocycles. The van der Waals surface area contributed by atoms with E-state index in [9.17, 15) is 4.79 Å². The van der Waals surface area contributed by atoms with Gasteiger partial charge in [-0.2, -0.15) is 4.98 Å². The molecular weight excluding hydrogens is 272 g/mol. The lowest BCUT2D eigenvalue weighted by Crippen LogP contribution is -2.09. The number of rotatable bonds is 6. The van der Waals surface area contributed by atoms with Crippen LogP contribution in [0.25, 0.3) is 6.08 Å². The van der Waals surface area contributed by atoms with Crippen LogP contribution >= 0.6 is 0 Å². The Morgan fingerprint density at radius 1 is 1.38 bits per heavy atom. The Labute approximate surface area is 122 Å². The number of H-pyrrole nitrogens is 1. The van der Waals surface area contributed by atoms with Crippen molar-refractivity contribution in [3.63, 3.8) is 0 Å². The smallest absolute Gasteiger partial charge is 0.337 e. The largest absolute Gasteiger partial charge is 0.497 e. The summed E-state index contributed by atoms with van der Waals surface area (Å²) in [5.41, 5.74) is 0.888. The van der Waals surface area contributed by atoms with E-state index < -0.39 is 0 Å². The first-order valence-corrected chi connectivity index (χ1v) is 6.39. The Balaban J connectivity index is 1.91. The van der Waals surface area contributed by atoms with E-state index in [0.717, 1.165) is 11.3 Å². The van der Waals surface area contributed by atoms with E-state index in [-0.39, 0.29) is 17.9 Å². The number of aromatic amines is 1. The van der Waals surface area contributed by atoms with Gasteiger partial charge in [-0.05, 0) is 30.7 Å². The summed E-state index contributed by atoms with van der Waals surface area (Å²) in [7, 11) is 1.60. The molecule has 7 heteroatoms. The van der Waals surface area contributed by atoms with E-state index in [1.165, 1.54) is 6.08 Å². The molecule has 1 heterocycles. The fraction of sp³-hybridized carbons (Fsp3) is 0.214. The number of nitrogens with one attached hydrogen (secondary N) is 2. The number of anilines is 1. The summed E-state index contributed by atoms with van der Waals surface area (Å²) in [6.45, 7) is 2.29. The molecule has 0 saturated carbocycles. The van der Waals surface area contributed by atoms with Crippen LogP contribution in [-0.2, 0) is 4.79 Å². The van der Waals surface area contributed by atoms with Gasteiger partial charge in [0.05, 0.1) is 13.7 Å². The molecule has 0 atom stereocenters. The Morgan fingerprint density at radius 2 is 2.14 bits per heavy atom. The lowest BCUT2D eigenvalue weighted by Gasteiger charge is -1.99. The second-order valence-electron chi connectivity index (χ2n) is 4.00. The molecule has 0 aliphatic carbocycles. The van der Waals surface area contributed by atoms with Gasteiger partial charge in [0.15, 0.2) is 0 Å². The molecule has 0 aliphatic rings. The molecule has 2 rings (SSSR count). The van der Waals surface area contributed by atoms with Gasteiger partial charge in [-0.1, -0.05) is 12.1 Å². The van der Waals surface area contributed by atoms with Crippen LogP contribution in [0.5, 0.6) is 11.8 Å². The molecule has 1 amide bonds. The SMILES string of the molecule is CCOc1n[nH]c(NC(=O)/C=C/c2ccc(OC)cc2)n1. The van der Waals surface area contributed by atoms with Gasteiger partial charge in [0.25, 0.3) is 5.91 Å². The molecule has 0 aliphatic heterocycles. The second kappa shape index (κ2) is 7.09. The fourth-order valence-electron chi connectivity index (χ4n) is 1.54. The average molecular weight is 288 g/mol. The third-order valence-electron chi connectivity index (χ3n) is 2.52. The summed E-state index contributed by atoms with van der Waals surface area (Å²) in [5, 5.41) is 8.91. The van der Waals surface area contributed by atoms with Crippen LogP contribution in [0.3, 0.4) is 0 Å². The summed E-state index contributed by atoms with van der Waals surface area (Å²) in [6, 6.07) is 7.55. The van der Waals surface area contributed by atoms with Crippen molar-refractivity contribution >= 4 is 17.9 Å². The lowest BCUT2D eigenvalue weighted by atomic mass is 10.2. The highest BCUT2D eigenvalue weighted by Crippen LogP contribution is 2.12. The molecule has 0 radical (unpaired) electrons. The van der Waals surface area contributed by atoms with Crippen molar-refractivity contribution in [1.82, 2.24) is 15.2 Å². The van der Waals surface area contributed by atoms with Crippen LogP contribution in [0.2, 0.25) is 0 Å². The van der Waals surface area contributed by atoms with Crippen molar-refractivity contribution in [2.75, 3.05) is 19.0 Å². The van der Waals surface area contributed by atoms with Crippen molar-refractivity contribution in [3.05, 3.63) is 35.9 Å². The highest BCUT2D eigenvalue weighted by molar-refractivity contribution is 6.00. The van der Waals surface area contributed by atoms with Gasteiger partial charge in [0, 0.05) is 6.08 Å². The Bertz CT molecular complexity index is 619. The quantitative estimate of drug-likeness (QED) is 0.792. The van der Waals surface area contributed by atoms with Crippen molar-refractivity contribution < 1.29 is 14.3 Å². The van der Waals surface area contributed by atoms with Gasteiger partial charge in [0.2, 0.25) is 5.95 Å². The number of carbonyl (C=O) groups is 1. The summed E-state index contributed by atoms with van der Waals surface area (Å²) >= 11 is 0. The van der Waals surface area contributed by atoms with E-state index in [1.54, 1.807) is 13.2 Å². The average Bonchev–Trinajstić information content (AvgIpc) is 2.93. The summed E-state index contributed by atoms with van der Waals surface area (Å²) in [5.74, 6) is 0.689. The first-order valence-electron chi connectivity index (χ1n) is 6.39. The highest BCUT2D eigenvalue weighted by Gasteiger charge is 2.05. The fourth-order valence-corrected chi connectivity index (χ4v) is 1.54. The minimum Gasteiger partial charge on any atom is -0.497 e. The zero-order valence-electron chi connectivity index (χ0n) is 11.8. The van der Waals surface area contributed by atoms with Crippen LogP contribution < -0.4 is 14.8 Å². The number of carbonyl (C=O) groups excluding carboxylic acids is 1. The number of hydrogen-bond donors (Lipinski definition) is 2. The van der Waals surface area contributed by atoms with E-state index in [1.807, 2.05) is 31.2 Å². The first kappa shape index (κ1) is 14.6. The summed E-state index contributed by atoms with van der Waals surface area (Å²) in [6.07, 6.45) is 3.10. The van der Waals surface area contributed by atoms with E-state index in [0.29, 0.717) is 6.61 Å². The number of aromatic nitrogens is 3. The lowest BCUT2D eigenvalue weighted by molar-refractivity contribution is -0.111. The van der Waals surface area contributed by atoms with E-state index in [2.05, 4.69) is 20.5 Å². The topological polar surface area (TPSA) is 89.1 Å². The molecule has 0 fully saturated rings. The molecule has 0 bridgehead atoms. The minimum absolute atomic E-state index is 0.201.